The van der Waals surface area contributed by atoms with Crippen LogP contribution in [0.25, 0.3) is 5.57 Å². The lowest BCUT2D eigenvalue weighted by Crippen LogP contribution is -2.50. The van der Waals surface area contributed by atoms with Crippen LogP contribution in [0.2, 0.25) is 0 Å². The summed E-state index contributed by atoms with van der Waals surface area (Å²) in [6.45, 7) is 3.64. The fraction of sp³-hybridized carbons (Fsp3) is 0.467. The molecule has 0 amide bonds. The number of carbonyl (C=O) groups excluding carboxylic acids is 1. The zero-order valence-corrected chi connectivity index (χ0v) is 11.5. The molecule has 5 nitrogen and oxygen atoms in total. The van der Waals surface area contributed by atoms with Gasteiger partial charge in [0.25, 0.3) is 0 Å². The molecule has 106 valence electrons. The molecule has 2 aliphatic heterocycles. The molecule has 0 unspecified atom stereocenters. The fourth-order valence-corrected chi connectivity index (χ4v) is 2.57. The van der Waals surface area contributed by atoms with Crippen molar-refractivity contribution in [2.24, 2.45) is 0 Å². The smallest absolute Gasteiger partial charge is 0.356 e. The third-order valence-electron chi connectivity index (χ3n) is 3.84. The molecular formula is C15H18N2O3. The Hall–Kier alpha value is -1.72. The zero-order valence-electron chi connectivity index (χ0n) is 11.5. The number of pyridine rings is 1. The van der Waals surface area contributed by atoms with Crippen molar-refractivity contribution in [1.82, 2.24) is 9.88 Å². The van der Waals surface area contributed by atoms with Gasteiger partial charge in [-0.3, -0.25) is 4.90 Å². The van der Waals surface area contributed by atoms with E-state index >= 15 is 0 Å². The minimum atomic E-state index is -0.396. The first-order valence-electron chi connectivity index (χ1n) is 6.83. The van der Waals surface area contributed by atoms with Crippen LogP contribution in [0.3, 0.4) is 0 Å². The molecule has 0 N–H and O–H groups in total. The van der Waals surface area contributed by atoms with Gasteiger partial charge in [-0.2, -0.15) is 0 Å². The highest BCUT2D eigenvalue weighted by Crippen LogP contribution is 2.24. The number of ether oxygens (including phenoxy) is 2. The summed E-state index contributed by atoms with van der Waals surface area (Å²) in [4.78, 5) is 18.0. The van der Waals surface area contributed by atoms with Crippen LogP contribution in [-0.2, 0) is 9.47 Å². The first kappa shape index (κ1) is 13.3. The molecule has 3 heterocycles. The largest absolute Gasteiger partial charge is 0.464 e. The Morgan fingerprint density at radius 3 is 3.05 bits per heavy atom. The molecule has 0 aromatic carbocycles. The Labute approximate surface area is 118 Å². The van der Waals surface area contributed by atoms with Crippen molar-refractivity contribution in [3.05, 3.63) is 35.7 Å². The predicted molar refractivity (Wildman–Crippen MR) is 74.4 cm³/mol. The molecular weight excluding hydrogens is 256 g/mol. The van der Waals surface area contributed by atoms with Gasteiger partial charge in [-0.25, -0.2) is 9.78 Å². The third kappa shape index (κ3) is 2.59. The normalized spacial score (nSPS) is 20.1. The summed E-state index contributed by atoms with van der Waals surface area (Å²) in [5.41, 5.74) is 2.65. The summed E-state index contributed by atoms with van der Waals surface area (Å²) >= 11 is 0. The molecule has 0 radical (unpaired) electrons. The van der Waals surface area contributed by atoms with Crippen LogP contribution in [0.4, 0.5) is 0 Å². The zero-order chi connectivity index (χ0) is 13.9. The molecule has 1 aromatic heterocycles. The number of nitrogens with zero attached hydrogens (tertiary/aromatic N) is 2. The van der Waals surface area contributed by atoms with Gasteiger partial charge in [0.1, 0.15) is 5.69 Å². The van der Waals surface area contributed by atoms with Crippen LogP contribution >= 0.6 is 0 Å². The van der Waals surface area contributed by atoms with E-state index in [-0.39, 0.29) is 0 Å². The highest BCUT2D eigenvalue weighted by molar-refractivity contribution is 5.88. The van der Waals surface area contributed by atoms with E-state index in [1.807, 2.05) is 6.07 Å². The Balaban J connectivity index is 1.78. The fourth-order valence-electron chi connectivity index (χ4n) is 2.57. The quantitative estimate of drug-likeness (QED) is 0.779. The van der Waals surface area contributed by atoms with Crippen molar-refractivity contribution < 1.29 is 14.3 Å². The molecule has 2 aliphatic rings. The van der Waals surface area contributed by atoms with Gasteiger partial charge < -0.3 is 9.47 Å². The van der Waals surface area contributed by atoms with Crippen molar-refractivity contribution in [3.63, 3.8) is 0 Å². The van der Waals surface area contributed by atoms with Crippen LogP contribution in [0.1, 0.15) is 22.5 Å². The monoisotopic (exact) mass is 274 g/mol. The Morgan fingerprint density at radius 2 is 2.35 bits per heavy atom. The van der Waals surface area contributed by atoms with Gasteiger partial charge in [0.05, 0.1) is 26.4 Å². The molecule has 1 fully saturated rings. The second-order valence-corrected chi connectivity index (χ2v) is 5.10. The van der Waals surface area contributed by atoms with Crippen molar-refractivity contribution in [2.75, 3.05) is 33.4 Å². The molecule has 0 saturated carbocycles. The molecule has 20 heavy (non-hydrogen) atoms. The molecule has 0 bridgehead atoms. The predicted octanol–water partition coefficient (Wildman–Crippen LogP) is 1.36. The first-order valence-corrected chi connectivity index (χ1v) is 6.83. The van der Waals surface area contributed by atoms with Crippen LogP contribution in [0.15, 0.2) is 24.4 Å². The lowest BCUT2D eigenvalue weighted by atomic mass is 9.99. The summed E-state index contributed by atoms with van der Waals surface area (Å²) in [7, 11) is 1.37. The van der Waals surface area contributed by atoms with Crippen molar-refractivity contribution in [1.29, 1.82) is 0 Å². The van der Waals surface area contributed by atoms with E-state index in [9.17, 15) is 4.79 Å². The van der Waals surface area contributed by atoms with E-state index in [1.54, 1.807) is 12.3 Å². The number of rotatable bonds is 3. The number of carbonyl (C=O) groups is 1. The minimum Gasteiger partial charge on any atom is -0.464 e. The maximum absolute atomic E-state index is 11.5. The second-order valence-electron chi connectivity index (χ2n) is 5.10. The van der Waals surface area contributed by atoms with Gasteiger partial charge in [-0.05, 0) is 29.7 Å². The van der Waals surface area contributed by atoms with Gasteiger partial charge in [0, 0.05) is 19.3 Å². The van der Waals surface area contributed by atoms with E-state index in [1.165, 1.54) is 12.7 Å². The molecule has 0 aliphatic carbocycles. The molecule has 0 atom stereocenters. The molecule has 3 rings (SSSR count). The van der Waals surface area contributed by atoms with Gasteiger partial charge in [0.15, 0.2) is 0 Å². The molecule has 0 spiro atoms. The summed E-state index contributed by atoms with van der Waals surface area (Å²) in [6, 6.07) is 4.29. The topological polar surface area (TPSA) is 51.7 Å². The Bertz CT molecular complexity index is 538. The number of hydrogen-bond donors (Lipinski definition) is 0. The maximum atomic E-state index is 11.5. The van der Waals surface area contributed by atoms with Gasteiger partial charge in [-0.1, -0.05) is 6.08 Å². The molecule has 5 heteroatoms. The number of methoxy groups -OCH3 is 1. The standard InChI is InChI=1S/C15H18N2O3/c1-19-15(18)14-7-11(4-5-16-14)12-3-2-6-17(8-12)13-9-20-10-13/h3-5,7,13H,2,6,8-10H2,1H3. The van der Waals surface area contributed by atoms with Gasteiger partial charge in [0.2, 0.25) is 0 Å². The Kier molecular flexibility index (Phi) is 3.80. The molecule has 1 aromatic rings. The second kappa shape index (κ2) is 5.73. The van der Waals surface area contributed by atoms with Crippen LogP contribution in [0, 0.1) is 0 Å². The highest BCUT2D eigenvalue weighted by Gasteiger charge is 2.28. The third-order valence-corrected chi connectivity index (χ3v) is 3.84. The molecule has 1 saturated heterocycles. The number of hydrogen-bond acceptors (Lipinski definition) is 5. The average molecular weight is 274 g/mol. The Morgan fingerprint density at radius 1 is 1.50 bits per heavy atom. The van der Waals surface area contributed by atoms with E-state index in [2.05, 4.69) is 16.0 Å². The highest BCUT2D eigenvalue weighted by atomic mass is 16.5. The van der Waals surface area contributed by atoms with Crippen LogP contribution < -0.4 is 0 Å². The summed E-state index contributed by atoms with van der Waals surface area (Å²) in [5.74, 6) is -0.396. The van der Waals surface area contributed by atoms with E-state index in [0.717, 1.165) is 38.3 Å². The lowest BCUT2D eigenvalue weighted by molar-refractivity contribution is -0.0607. The van der Waals surface area contributed by atoms with Crippen LogP contribution in [-0.4, -0.2) is 55.3 Å². The van der Waals surface area contributed by atoms with Crippen molar-refractivity contribution in [3.8, 4) is 0 Å². The summed E-state index contributed by atoms with van der Waals surface area (Å²) in [5, 5.41) is 0. The van der Waals surface area contributed by atoms with Gasteiger partial charge in [-0.15, -0.1) is 0 Å². The van der Waals surface area contributed by atoms with E-state index in [0.29, 0.717) is 11.7 Å². The summed E-state index contributed by atoms with van der Waals surface area (Å²) < 4.78 is 9.98. The van der Waals surface area contributed by atoms with Crippen LogP contribution in [0.5, 0.6) is 0 Å². The first-order chi connectivity index (χ1) is 9.78. The minimum absolute atomic E-state index is 0.356. The van der Waals surface area contributed by atoms with Crippen molar-refractivity contribution in [2.45, 2.75) is 12.5 Å². The number of esters is 1. The SMILES string of the molecule is COC(=O)c1cc(C2=CCCN(C3COC3)C2)ccn1. The van der Waals surface area contributed by atoms with Gasteiger partial charge >= 0.3 is 5.97 Å². The summed E-state index contributed by atoms with van der Waals surface area (Å²) in [6.07, 6.45) is 4.93. The van der Waals surface area contributed by atoms with E-state index in [4.69, 9.17) is 9.47 Å². The van der Waals surface area contributed by atoms with E-state index < -0.39 is 5.97 Å². The van der Waals surface area contributed by atoms with Crippen molar-refractivity contribution >= 4 is 11.5 Å². The lowest BCUT2D eigenvalue weighted by Gasteiger charge is -2.39. The average Bonchev–Trinajstić information content (AvgIpc) is 2.45. The number of aromatic nitrogens is 1. The maximum Gasteiger partial charge on any atom is 0.356 e.